The maximum absolute atomic E-state index is 13.5. The Morgan fingerprint density at radius 1 is 1.10 bits per heavy atom. The number of halogens is 1. The Morgan fingerprint density at radius 2 is 1.67 bits per heavy atom. The molecule has 2 bridgehead atoms. The van der Waals surface area contributed by atoms with Crippen LogP contribution in [0.4, 0.5) is 4.39 Å². The summed E-state index contributed by atoms with van der Waals surface area (Å²) >= 11 is 0. The summed E-state index contributed by atoms with van der Waals surface area (Å²) in [5.41, 5.74) is 3.14. The minimum Gasteiger partial charge on any atom is -0.505 e. The average Bonchev–Trinajstić information content (AvgIpc) is 3.75. The van der Waals surface area contributed by atoms with Crippen molar-refractivity contribution in [3.63, 3.8) is 0 Å². The van der Waals surface area contributed by atoms with E-state index in [-0.39, 0.29) is 28.4 Å². The van der Waals surface area contributed by atoms with Gasteiger partial charge in [-0.1, -0.05) is 42.0 Å². The molecular weight excluding hydrogens is 535 g/mol. The van der Waals surface area contributed by atoms with E-state index < -0.39 is 5.82 Å². The first-order valence-electron chi connectivity index (χ1n) is 14.5. The fraction of sp³-hybridized carbons (Fsp3) is 0.545. The van der Waals surface area contributed by atoms with Crippen LogP contribution in [0.15, 0.2) is 53.5 Å². The zero-order valence-corrected chi connectivity index (χ0v) is 25.5. The number of amides is 1. The van der Waals surface area contributed by atoms with E-state index in [2.05, 4.69) is 57.1 Å². The number of amidine groups is 1. The number of phenolic OH excluding ortho intramolecular Hbond substituents is 1. The third-order valence-electron chi connectivity index (χ3n) is 9.99. The summed E-state index contributed by atoms with van der Waals surface area (Å²) in [4.78, 5) is 35.4. The molecule has 2 aromatic carbocycles. The van der Waals surface area contributed by atoms with Crippen LogP contribution in [0.25, 0.3) is 0 Å². The molecule has 0 radical (unpaired) electrons. The molecule has 1 heterocycles. The summed E-state index contributed by atoms with van der Waals surface area (Å²) in [6.07, 6.45) is 7.11. The highest BCUT2D eigenvalue weighted by Crippen LogP contribution is 2.71. The molecule has 226 valence electrons. The Morgan fingerprint density at radius 3 is 2.05 bits per heavy atom. The number of carbonyl (C=O) groups is 1. The molecule has 5 saturated carbocycles. The van der Waals surface area contributed by atoms with Crippen molar-refractivity contribution in [2.75, 3.05) is 14.1 Å². The molecule has 6 aliphatic rings. The van der Waals surface area contributed by atoms with E-state index in [1.54, 1.807) is 6.07 Å². The van der Waals surface area contributed by atoms with Gasteiger partial charge in [-0.05, 0) is 90.5 Å². The average molecular weight is 579 g/mol. The number of rotatable bonds is 6. The van der Waals surface area contributed by atoms with E-state index in [4.69, 9.17) is 14.6 Å². The van der Waals surface area contributed by atoms with E-state index >= 15 is 0 Å². The minimum atomic E-state index is -0.546. The highest BCUT2D eigenvalue weighted by atomic mass is 19.1. The van der Waals surface area contributed by atoms with Crippen LogP contribution in [-0.4, -0.2) is 70.1 Å². The van der Waals surface area contributed by atoms with E-state index in [0.717, 1.165) is 37.2 Å². The molecule has 0 unspecified atom stereocenters. The number of benzene rings is 2. The number of hydrogen-bond donors (Lipinski definition) is 2. The molecule has 0 aromatic heterocycles. The van der Waals surface area contributed by atoms with Crippen LogP contribution in [0.5, 0.6) is 5.75 Å². The number of aliphatic imine (C=N–C) groups is 1. The van der Waals surface area contributed by atoms with Crippen LogP contribution in [0, 0.1) is 24.1 Å². The normalized spacial score (nSPS) is 31.2. The Labute approximate surface area is 248 Å². The summed E-state index contributed by atoms with van der Waals surface area (Å²) in [5.74, 6) is 1.26. The van der Waals surface area contributed by atoms with Crippen molar-refractivity contribution in [3.8, 4) is 5.75 Å². The summed E-state index contributed by atoms with van der Waals surface area (Å²) in [7, 11) is 3.99. The third kappa shape index (κ3) is 6.13. The fourth-order valence-corrected chi connectivity index (χ4v) is 6.44. The first kappa shape index (κ1) is 31.4. The highest BCUT2D eigenvalue weighted by Gasteiger charge is 2.73. The van der Waals surface area contributed by atoms with Crippen molar-refractivity contribution >= 4 is 18.4 Å². The van der Waals surface area contributed by atoms with Gasteiger partial charge in [0.05, 0.1) is 11.6 Å². The number of nitrogens with one attached hydrogen (secondary N) is 1. The monoisotopic (exact) mass is 578 g/mol. The van der Waals surface area contributed by atoms with Gasteiger partial charge in [-0.2, -0.15) is 9.59 Å². The lowest BCUT2D eigenvalue weighted by Gasteiger charge is -2.73. The van der Waals surface area contributed by atoms with Crippen molar-refractivity contribution in [3.05, 3.63) is 65.5 Å². The predicted octanol–water partition coefficient (Wildman–Crippen LogP) is 4.70. The van der Waals surface area contributed by atoms with Crippen LogP contribution in [0.3, 0.4) is 0 Å². The summed E-state index contributed by atoms with van der Waals surface area (Å²) < 4.78 is 13.5. The van der Waals surface area contributed by atoms with Gasteiger partial charge in [0.25, 0.3) is 0 Å². The molecular formula is C33H43FN4O4. The van der Waals surface area contributed by atoms with E-state index in [9.17, 15) is 14.3 Å². The van der Waals surface area contributed by atoms with Gasteiger partial charge in [0.2, 0.25) is 6.41 Å². The van der Waals surface area contributed by atoms with E-state index in [0.29, 0.717) is 18.1 Å². The SMILES string of the molecule is CN(C=O)C12CC1C2.C[C@@H]1N=C(C23CC(N(C)Cc4ccc(O)c(F)c4)(C2)C3)NC1(C)C.Cc1ccccc1.O=C=O. The largest absolute Gasteiger partial charge is 0.505 e. The molecule has 1 atom stereocenters. The first-order valence-corrected chi connectivity index (χ1v) is 14.5. The number of nitrogens with zero attached hydrogens (tertiary/aromatic N) is 3. The standard InChI is InChI=1S/C19H26FN3O.C7H8.C6H9NO.CO2/c1-12-17(2,3)22-16(21-12)18-9-19(10-18,11-18)23(4)8-13-5-6-15(24)14(20)7-13;1-7-5-3-2-4-6-7;1-7(4-8)6-2-5(6)3-6;2-1-3/h5-7,12,24H,8-11H2,1-4H3,(H,21,22);2-6H,1H3;4-5H,2-3H2,1H3;/t12-,18?,19?;;;/m0.../s1. The second-order valence-corrected chi connectivity index (χ2v) is 13.3. The van der Waals surface area contributed by atoms with Crippen molar-refractivity contribution in [2.45, 2.75) is 89.0 Å². The lowest BCUT2D eigenvalue weighted by Crippen LogP contribution is -2.77. The van der Waals surface area contributed by atoms with Gasteiger partial charge in [0.1, 0.15) is 5.84 Å². The van der Waals surface area contributed by atoms with Crippen molar-refractivity contribution in [1.82, 2.24) is 15.1 Å². The molecule has 8 nitrogen and oxygen atoms in total. The van der Waals surface area contributed by atoms with Gasteiger partial charge in [-0.25, -0.2) is 4.39 Å². The first-order chi connectivity index (χ1) is 19.8. The summed E-state index contributed by atoms with van der Waals surface area (Å²) in [5, 5.41) is 12.9. The Hall–Kier alpha value is -3.55. The summed E-state index contributed by atoms with van der Waals surface area (Å²) in [6, 6.07) is 15.2. The number of hydrogen-bond acceptors (Lipinski definition) is 7. The van der Waals surface area contributed by atoms with E-state index in [1.807, 2.05) is 30.1 Å². The number of fused-ring (bicyclic) bond motifs is 1. The van der Waals surface area contributed by atoms with Gasteiger partial charge >= 0.3 is 6.15 Å². The van der Waals surface area contributed by atoms with Gasteiger partial charge in [0, 0.05) is 30.1 Å². The number of aromatic hydroxyl groups is 1. The maximum Gasteiger partial charge on any atom is 0.373 e. The van der Waals surface area contributed by atoms with Gasteiger partial charge in [-0.3, -0.25) is 14.7 Å². The molecule has 2 aromatic rings. The maximum atomic E-state index is 13.5. The van der Waals surface area contributed by atoms with Crippen LogP contribution in [-0.2, 0) is 20.9 Å². The molecule has 5 fully saturated rings. The zero-order chi connectivity index (χ0) is 30.9. The van der Waals surface area contributed by atoms with Crippen molar-refractivity contribution < 1.29 is 23.9 Å². The van der Waals surface area contributed by atoms with E-state index in [1.165, 1.54) is 36.4 Å². The molecule has 9 heteroatoms. The quantitative estimate of drug-likeness (QED) is 0.482. The Balaban J connectivity index is 0.000000181. The predicted molar refractivity (Wildman–Crippen MR) is 158 cm³/mol. The molecule has 2 N–H and O–H groups in total. The van der Waals surface area contributed by atoms with Crippen molar-refractivity contribution in [1.29, 1.82) is 0 Å². The minimum absolute atomic E-state index is 0.0490. The lowest BCUT2D eigenvalue weighted by atomic mass is 9.38. The van der Waals surface area contributed by atoms with Crippen LogP contribution in [0.2, 0.25) is 0 Å². The molecule has 1 aliphatic heterocycles. The zero-order valence-electron chi connectivity index (χ0n) is 25.5. The van der Waals surface area contributed by atoms with Crippen molar-refractivity contribution in [2.24, 2.45) is 16.3 Å². The summed E-state index contributed by atoms with van der Waals surface area (Å²) in [6.45, 7) is 9.38. The van der Waals surface area contributed by atoms with Gasteiger partial charge < -0.3 is 15.3 Å². The molecule has 0 spiro atoms. The Bertz CT molecular complexity index is 1330. The van der Waals surface area contributed by atoms with Gasteiger partial charge in [0.15, 0.2) is 11.6 Å². The lowest BCUT2D eigenvalue weighted by molar-refractivity contribution is -0.191. The van der Waals surface area contributed by atoms with Crippen LogP contribution >= 0.6 is 0 Å². The second kappa shape index (κ2) is 11.6. The second-order valence-electron chi connectivity index (χ2n) is 13.3. The number of phenols is 1. The molecule has 0 saturated heterocycles. The third-order valence-corrected chi connectivity index (χ3v) is 9.99. The van der Waals surface area contributed by atoms with Crippen LogP contribution in [0.1, 0.15) is 64.0 Å². The van der Waals surface area contributed by atoms with Gasteiger partial charge in [-0.15, -0.1) is 0 Å². The topological polar surface area (TPSA) is 102 Å². The van der Waals surface area contributed by atoms with Crippen LogP contribution < -0.4 is 5.32 Å². The molecule has 1 amide bonds. The smallest absolute Gasteiger partial charge is 0.373 e. The number of carbonyl (C=O) groups excluding carboxylic acids is 3. The number of aryl methyl sites for hydroxylation is 1. The fourth-order valence-electron chi connectivity index (χ4n) is 6.44. The highest BCUT2D eigenvalue weighted by molar-refractivity contribution is 5.94. The molecule has 8 rings (SSSR count). The molecule has 42 heavy (non-hydrogen) atoms. The molecule has 5 aliphatic carbocycles. The Kier molecular flexibility index (Phi) is 8.68.